The lowest BCUT2D eigenvalue weighted by Gasteiger charge is -2.19. The highest BCUT2D eigenvalue weighted by Crippen LogP contribution is 2.30. The Balaban J connectivity index is 1.78. The van der Waals surface area contributed by atoms with Gasteiger partial charge in [-0.2, -0.15) is 0 Å². The molecule has 5 heteroatoms. The SMILES string of the molecule is Cc1cccn2cc(CN3CCC(C)(C(=O)O)C3)nc12. The van der Waals surface area contributed by atoms with E-state index >= 15 is 0 Å². The molecule has 1 saturated heterocycles. The van der Waals surface area contributed by atoms with E-state index in [9.17, 15) is 9.90 Å². The van der Waals surface area contributed by atoms with E-state index in [2.05, 4.69) is 9.88 Å². The number of carboxylic acid groups (broad SMARTS) is 1. The molecule has 1 N–H and O–H groups in total. The van der Waals surface area contributed by atoms with Crippen LogP contribution in [0.5, 0.6) is 0 Å². The fourth-order valence-electron chi connectivity index (χ4n) is 2.88. The number of likely N-dealkylation sites (tertiary alicyclic amines) is 1. The zero-order valence-electron chi connectivity index (χ0n) is 11.8. The molecular weight excluding hydrogens is 254 g/mol. The van der Waals surface area contributed by atoms with Crippen molar-refractivity contribution in [2.45, 2.75) is 26.8 Å². The van der Waals surface area contributed by atoms with Crippen molar-refractivity contribution in [3.8, 4) is 0 Å². The number of pyridine rings is 1. The summed E-state index contributed by atoms with van der Waals surface area (Å²) in [6, 6.07) is 4.05. The molecule has 3 rings (SSSR count). The molecule has 1 fully saturated rings. The van der Waals surface area contributed by atoms with E-state index in [0.717, 1.165) is 23.4 Å². The molecule has 2 aromatic heterocycles. The lowest BCUT2D eigenvalue weighted by Crippen LogP contribution is -2.31. The highest BCUT2D eigenvalue weighted by atomic mass is 16.4. The van der Waals surface area contributed by atoms with Crippen LogP contribution in [-0.4, -0.2) is 38.4 Å². The summed E-state index contributed by atoms with van der Waals surface area (Å²) in [6.07, 6.45) is 4.72. The van der Waals surface area contributed by atoms with Gasteiger partial charge in [-0.25, -0.2) is 4.98 Å². The number of carbonyl (C=O) groups is 1. The second kappa shape index (κ2) is 4.59. The van der Waals surface area contributed by atoms with Crippen LogP contribution in [0.15, 0.2) is 24.5 Å². The quantitative estimate of drug-likeness (QED) is 0.928. The van der Waals surface area contributed by atoms with Crippen LogP contribution in [0.2, 0.25) is 0 Å². The summed E-state index contributed by atoms with van der Waals surface area (Å²) < 4.78 is 2.02. The van der Waals surface area contributed by atoms with Crippen LogP contribution >= 0.6 is 0 Å². The maximum absolute atomic E-state index is 11.3. The Morgan fingerprint density at radius 1 is 1.55 bits per heavy atom. The molecule has 5 nitrogen and oxygen atoms in total. The lowest BCUT2D eigenvalue weighted by molar-refractivity contribution is -0.147. The van der Waals surface area contributed by atoms with E-state index < -0.39 is 11.4 Å². The minimum atomic E-state index is -0.703. The molecular formula is C15H19N3O2. The van der Waals surface area contributed by atoms with Crippen LogP contribution in [-0.2, 0) is 11.3 Å². The molecule has 1 unspecified atom stereocenters. The third-order valence-corrected chi connectivity index (χ3v) is 4.18. The van der Waals surface area contributed by atoms with Gasteiger partial charge in [-0.05, 0) is 38.4 Å². The van der Waals surface area contributed by atoms with Gasteiger partial charge in [0.15, 0.2) is 0 Å². The number of aliphatic carboxylic acids is 1. The summed E-state index contributed by atoms with van der Waals surface area (Å²) in [5.74, 6) is -0.703. The third kappa shape index (κ3) is 2.18. The number of aromatic nitrogens is 2. The van der Waals surface area contributed by atoms with Gasteiger partial charge in [0.05, 0.1) is 11.1 Å². The van der Waals surface area contributed by atoms with Crippen LogP contribution in [0.1, 0.15) is 24.6 Å². The maximum atomic E-state index is 11.3. The van der Waals surface area contributed by atoms with Gasteiger partial charge in [-0.1, -0.05) is 6.07 Å². The fraction of sp³-hybridized carbons (Fsp3) is 0.467. The lowest BCUT2D eigenvalue weighted by atomic mass is 9.90. The number of carboxylic acids is 1. The zero-order chi connectivity index (χ0) is 14.3. The molecule has 20 heavy (non-hydrogen) atoms. The van der Waals surface area contributed by atoms with Gasteiger partial charge in [0.25, 0.3) is 0 Å². The molecule has 0 spiro atoms. The van der Waals surface area contributed by atoms with Crippen LogP contribution in [0.3, 0.4) is 0 Å². The van der Waals surface area contributed by atoms with E-state index in [0.29, 0.717) is 19.5 Å². The van der Waals surface area contributed by atoms with Crippen molar-refractivity contribution >= 4 is 11.6 Å². The molecule has 0 saturated carbocycles. The Morgan fingerprint density at radius 3 is 3.00 bits per heavy atom. The Hall–Kier alpha value is -1.88. The standard InChI is InChI=1S/C15H19N3O2/c1-11-4-3-6-18-9-12(16-13(11)18)8-17-7-5-15(2,10-17)14(19)20/h3-4,6,9H,5,7-8,10H2,1-2H3,(H,19,20). The van der Waals surface area contributed by atoms with E-state index in [1.165, 1.54) is 0 Å². The molecule has 0 aromatic carbocycles. The van der Waals surface area contributed by atoms with Crippen molar-refractivity contribution in [3.63, 3.8) is 0 Å². The van der Waals surface area contributed by atoms with Crippen molar-refractivity contribution in [2.75, 3.05) is 13.1 Å². The minimum Gasteiger partial charge on any atom is -0.481 e. The topological polar surface area (TPSA) is 57.8 Å². The molecule has 3 heterocycles. The first-order chi connectivity index (χ1) is 9.48. The van der Waals surface area contributed by atoms with Gasteiger partial charge >= 0.3 is 5.97 Å². The van der Waals surface area contributed by atoms with Crippen molar-refractivity contribution < 1.29 is 9.90 Å². The van der Waals surface area contributed by atoms with Crippen molar-refractivity contribution in [2.24, 2.45) is 5.41 Å². The number of hydrogen-bond acceptors (Lipinski definition) is 3. The third-order valence-electron chi connectivity index (χ3n) is 4.18. The summed E-state index contributed by atoms with van der Waals surface area (Å²) in [5, 5.41) is 9.26. The molecule has 0 aliphatic carbocycles. The number of hydrogen-bond donors (Lipinski definition) is 1. The summed E-state index contributed by atoms with van der Waals surface area (Å²) in [5.41, 5.74) is 2.50. The minimum absolute atomic E-state index is 0.592. The predicted octanol–water partition coefficient (Wildman–Crippen LogP) is 1.94. The maximum Gasteiger partial charge on any atom is 0.310 e. The smallest absolute Gasteiger partial charge is 0.310 e. The number of aryl methyl sites for hydroxylation is 1. The van der Waals surface area contributed by atoms with Gasteiger partial charge in [0.2, 0.25) is 0 Å². The number of fused-ring (bicyclic) bond motifs is 1. The molecule has 0 amide bonds. The van der Waals surface area contributed by atoms with Gasteiger partial charge in [-0.15, -0.1) is 0 Å². The Kier molecular flexibility index (Phi) is 3.01. The Labute approximate surface area is 117 Å². The van der Waals surface area contributed by atoms with Gasteiger partial charge in [0, 0.05) is 25.5 Å². The predicted molar refractivity (Wildman–Crippen MR) is 75.6 cm³/mol. The van der Waals surface area contributed by atoms with E-state index in [4.69, 9.17) is 0 Å². The van der Waals surface area contributed by atoms with Gasteiger partial charge in [0.1, 0.15) is 5.65 Å². The molecule has 1 atom stereocenters. The van der Waals surface area contributed by atoms with Crippen molar-refractivity contribution in [3.05, 3.63) is 35.8 Å². The Bertz CT molecular complexity index is 664. The first kappa shape index (κ1) is 13.1. The molecule has 1 aliphatic heterocycles. The summed E-state index contributed by atoms with van der Waals surface area (Å²) in [6.45, 7) is 5.99. The fourth-order valence-corrected chi connectivity index (χ4v) is 2.88. The second-order valence-electron chi connectivity index (χ2n) is 5.98. The average molecular weight is 273 g/mol. The number of rotatable bonds is 3. The first-order valence-corrected chi connectivity index (χ1v) is 6.87. The van der Waals surface area contributed by atoms with Crippen LogP contribution in [0.25, 0.3) is 5.65 Å². The van der Waals surface area contributed by atoms with E-state index in [1.54, 1.807) is 0 Å². The molecule has 0 radical (unpaired) electrons. The second-order valence-corrected chi connectivity index (χ2v) is 5.98. The van der Waals surface area contributed by atoms with Crippen molar-refractivity contribution in [1.82, 2.24) is 14.3 Å². The van der Waals surface area contributed by atoms with E-state index in [-0.39, 0.29) is 0 Å². The van der Waals surface area contributed by atoms with Crippen LogP contribution in [0.4, 0.5) is 0 Å². The number of imidazole rings is 1. The van der Waals surface area contributed by atoms with Gasteiger partial charge in [-0.3, -0.25) is 9.69 Å². The summed E-state index contributed by atoms with van der Waals surface area (Å²) >= 11 is 0. The van der Waals surface area contributed by atoms with Crippen LogP contribution in [0, 0.1) is 12.3 Å². The normalized spacial score (nSPS) is 23.5. The first-order valence-electron chi connectivity index (χ1n) is 6.87. The molecule has 1 aliphatic rings. The molecule has 2 aromatic rings. The molecule has 106 valence electrons. The molecule has 0 bridgehead atoms. The monoisotopic (exact) mass is 273 g/mol. The zero-order valence-corrected chi connectivity index (χ0v) is 11.8. The summed E-state index contributed by atoms with van der Waals surface area (Å²) in [7, 11) is 0. The largest absolute Gasteiger partial charge is 0.481 e. The van der Waals surface area contributed by atoms with Gasteiger partial charge < -0.3 is 9.51 Å². The number of nitrogens with zero attached hydrogens (tertiary/aromatic N) is 3. The van der Waals surface area contributed by atoms with Crippen LogP contribution < -0.4 is 0 Å². The highest BCUT2D eigenvalue weighted by molar-refractivity contribution is 5.74. The average Bonchev–Trinajstić information content (AvgIpc) is 2.95. The highest BCUT2D eigenvalue weighted by Gasteiger charge is 2.40. The summed E-state index contributed by atoms with van der Waals surface area (Å²) in [4.78, 5) is 18.1. The van der Waals surface area contributed by atoms with Crippen molar-refractivity contribution in [1.29, 1.82) is 0 Å². The van der Waals surface area contributed by atoms with E-state index in [1.807, 2.05) is 42.8 Å². The Morgan fingerprint density at radius 2 is 2.35 bits per heavy atom.